The van der Waals surface area contributed by atoms with Crippen molar-refractivity contribution in [2.24, 2.45) is 0 Å². The van der Waals surface area contributed by atoms with Gasteiger partial charge in [-0.05, 0) is 61.7 Å². The zero-order chi connectivity index (χ0) is 16.9. The fourth-order valence-corrected chi connectivity index (χ4v) is 3.09. The lowest BCUT2D eigenvalue weighted by atomic mass is 10.2. The van der Waals surface area contributed by atoms with E-state index >= 15 is 0 Å². The number of benzene rings is 2. The molecule has 5 heteroatoms. The Morgan fingerprint density at radius 2 is 1.83 bits per heavy atom. The van der Waals surface area contributed by atoms with Crippen molar-refractivity contribution in [2.75, 3.05) is 35.2 Å². The van der Waals surface area contributed by atoms with Crippen molar-refractivity contribution in [3.05, 3.63) is 53.1 Å². The predicted octanol–water partition coefficient (Wildman–Crippen LogP) is 4.30. The quantitative estimate of drug-likeness (QED) is 0.850. The summed E-state index contributed by atoms with van der Waals surface area (Å²) in [5, 5.41) is 6.73. The average molecular weight is 344 g/mol. The molecule has 1 fully saturated rings. The minimum Gasteiger partial charge on any atom is -0.376 e. The van der Waals surface area contributed by atoms with Gasteiger partial charge in [-0.15, -0.1) is 0 Å². The molecule has 4 nitrogen and oxygen atoms in total. The van der Waals surface area contributed by atoms with Gasteiger partial charge in [-0.2, -0.15) is 0 Å². The highest BCUT2D eigenvalue weighted by Gasteiger charge is 2.12. The topological polar surface area (TPSA) is 44.4 Å². The Hall–Kier alpha value is -2.20. The number of carbonyl (C=O) groups excluding carboxylic acids is 1. The van der Waals surface area contributed by atoms with Gasteiger partial charge in [0.2, 0.25) is 5.91 Å². The maximum atomic E-state index is 12.1. The molecule has 3 rings (SSSR count). The molecule has 0 atom stereocenters. The molecule has 1 heterocycles. The second-order valence-corrected chi connectivity index (χ2v) is 6.46. The number of halogens is 1. The van der Waals surface area contributed by atoms with Crippen molar-refractivity contribution in [1.29, 1.82) is 0 Å². The molecule has 2 aromatic carbocycles. The van der Waals surface area contributed by atoms with Gasteiger partial charge in [0.1, 0.15) is 0 Å². The number of nitrogens with one attached hydrogen (secondary N) is 2. The molecule has 1 amide bonds. The van der Waals surface area contributed by atoms with Crippen molar-refractivity contribution in [1.82, 2.24) is 0 Å². The molecule has 1 saturated heterocycles. The third-order valence-electron chi connectivity index (χ3n) is 4.33. The van der Waals surface area contributed by atoms with Crippen LogP contribution in [0.2, 0.25) is 5.02 Å². The second kappa shape index (κ2) is 7.58. The molecule has 1 aliphatic heterocycles. The van der Waals surface area contributed by atoms with Crippen LogP contribution in [-0.4, -0.2) is 25.5 Å². The summed E-state index contributed by atoms with van der Waals surface area (Å²) in [7, 11) is 0. The first-order chi connectivity index (χ1) is 11.6. The molecule has 126 valence electrons. The minimum atomic E-state index is -0.0803. The van der Waals surface area contributed by atoms with Crippen LogP contribution in [0.5, 0.6) is 0 Å². The van der Waals surface area contributed by atoms with Gasteiger partial charge >= 0.3 is 0 Å². The number of nitrogens with zero attached hydrogens (tertiary/aromatic N) is 1. The summed E-state index contributed by atoms with van der Waals surface area (Å²) in [6.45, 7) is 4.37. The van der Waals surface area contributed by atoms with Crippen LogP contribution in [0.4, 0.5) is 17.1 Å². The third kappa shape index (κ3) is 4.01. The molecule has 2 N–H and O–H groups in total. The van der Waals surface area contributed by atoms with Crippen LogP contribution < -0.4 is 15.5 Å². The van der Waals surface area contributed by atoms with Crippen molar-refractivity contribution in [3.63, 3.8) is 0 Å². The number of hydrogen-bond acceptors (Lipinski definition) is 3. The SMILES string of the molecule is Cc1c(Cl)cccc1NCC(=O)Nc1ccc(N2CCCC2)cc1. The monoisotopic (exact) mass is 343 g/mol. The van der Waals surface area contributed by atoms with Gasteiger partial charge in [0.05, 0.1) is 6.54 Å². The Morgan fingerprint density at radius 3 is 2.54 bits per heavy atom. The Kier molecular flexibility index (Phi) is 5.26. The Labute approximate surface area is 147 Å². The van der Waals surface area contributed by atoms with Gasteiger partial charge in [-0.3, -0.25) is 4.79 Å². The lowest BCUT2D eigenvalue weighted by Gasteiger charge is -2.18. The number of carbonyl (C=O) groups is 1. The first kappa shape index (κ1) is 16.7. The van der Waals surface area contributed by atoms with E-state index in [9.17, 15) is 4.79 Å². The maximum Gasteiger partial charge on any atom is 0.243 e. The van der Waals surface area contributed by atoms with E-state index < -0.39 is 0 Å². The number of hydrogen-bond donors (Lipinski definition) is 2. The summed E-state index contributed by atoms with van der Waals surface area (Å²) >= 11 is 6.08. The van der Waals surface area contributed by atoms with Crippen molar-refractivity contribution >= 4 is 34.6 Å². The summed E-state index contributed by atoms with van der Waals surface area (Å²) in [5.74, 6) is -0.0803. The predicted molar refractivity (Wildman–Crippen MR) is 101 cm³/mol. The fourth-order valence-electron chi connectivity index (χ4n) is 2.91. The fraction of sp³-hybridized carbons (Fsp3) is 0.316. The van der Waals surface area contributed by atoms with Crippen molar-refractivity contribution < 1.29 is 4.79 Å². The van der Waals surface area contributed by atoms with Crippen LogP contribution >= 0.6 is 11.6 Å². The maximum absolute atomic E-state index is 12.1. The molecule has 0 aliphatic carbocycles. The van der Waals surface area contributed by atoms with Crippen LogP contribution in [0.15, 0.2) is 42.5 Å². The standard InChI is InChI=1S/C19H22ClN3O/c1-14-17(20)5-4-6-18(14)21-13-19(24)22-15-7-9-16(10-8-15)23-11-2-3-12-23/h4-10,21H,2-3,11-13H2,1H3,(H,22,24). The first-order valence-electron chi connectivity index (χ1n) is 8.27. The average Bonchev–Trinajstić information content (AvgIpc) is 3.11. The molecule has 0 unspecified atom stereocenters. The van der Waals surface area contributed by atoms with E-state index in [1.165, 1.54) is 18.5 Å². The lowest BCUT2D eigenvalue weighted by molar-refractivity contribution is -0.114. The molecule has 24 heavy (non-hydrogen) atoms. The highest BCUT2D eigenvalue weighted by Crippen LogP contribution is 2.23. The van der Waals surface area contributed by atoms with Crippen LogP contribution in [0.25, 0.3) is 0 Å². The molecule has 0 aromatic heterocycles. The second-order valence-electron chi connectivity index (χ2n) is 6.06. The van der Waals surface area contributed by atoms with E-state index in [1.807, 2.05) is 37.3 Å². The van der Waals surface area contributed by atoms with E-state index in [2.05, 4.69) is 27.7 Å². The number of rotatable bonds is 5. The third-order valence-corrected chi connectivity index (χ3v) is 4.74. The molecule has 0 spiro atoms. The van der Waals surface area contributed by atoms with Gasteiger partial charge in [0.25, 0.3) is 0 Å². The molecule has 2 aromatic rings. The molecule has 0 radical (unpaired) electrons. The van der Waals surface area contributed by atoms with E-state index in [0.29, 0.717) is 5.02 Å². The molecule has 1 aliphatic rings. The van der Waals surface area contributed by atoms with Gasteiger partial charge in [0, 0.05) is 35.2 Å². The zero-order valence-corrected chi connectivity index (χ0v) is 14.6. The zero-order valence-electron chi connectivity index (χ0n) is 13.8. The van der Waals surface area contributed by atoms with E-state index in [4.69, 9.17) is 11.6 Å². The minimum absolute atomic E-state index is 0.0803. The molecule has 0 saturated carbocycles. The van der Waals surface area contributed by atoms with Crippen LogP contribution in [0.3, 0.4) is 0 Å². The summed E-state index contributed by atoms with van der Waals surface area (Å²) in [6, 6.07) is 13.7. The summed E-state index contributed by atoms with van der Waals surface area (Å²) < 4.78 is 0. The smallest absolute Gasteiger partial charge is 0.243 e. The normalized spacial score (nSPS) is 13.8. The van der Waals surface area contributed by atoms with E-state index in [0.717, 1.165) is 30.0 Å². The largest absolute Gasteiger partial charge is 0.376 e. The van der Waals surface area contributed by atoms with E-state index in [-0.39, 0.29) is 12.5 Å². The van der Waals surface area contributed by atoms with Crippen LogP contribution in [0, 0.1) is 6.92 Å². The Balaban J connectivity index is 1.54. The van der Waals surface area contributed by atoms with Gasteiger partial charge < -0.3 is 15.5 Å². The summed E-state index contributed by atoms with van der Waals surface area (Å²) in [4.78, 5) is 14.5. The van der Waals surface area contributed by atoms with Gasteiger partial charge in [0.15, 0.2) is 0 Å². The summed E-state index contributed by atoms with van der Waals surface area (Å²) in [5.41, 5.74) is 3.86. The first-order valence-corrected chi connectivity index (χ1v) is 8.65. The highest BCUT2D eigenvalue weighted by molar-refractivity contribution is 6.31. The van der Waals surface area contributed by atoms with E-state index in [1.54, 1.807) is 0 Å². The molecular weight excluding hydrogens is 322 g/mol. The van der Waals surface area contributed by atoms with Crippen LogP contribution in [0.1, 0.15) is 18.4 Å². The van der Waals surface area contributed by atoms with Gasteiger partial charge in [-0.1, -0.05) is 17.7 Å². The molecular formula is C19H22ClN3O. The lowest BCUT2D eigenvalue weighted by Crippen LogP contribution is -2.22. The number of amides is 1. The number of anilines is 3. The Bertz CT molecular complexity index is 709. The Morgan fingerprint density at radius 1 is 1.12 bits per heavy atom. The van der Waals surface area contributed by atoms with Gasteiger partial charge in [-0.25, -0.2) is 0 Å². The van der Waals surface area contributed by atoms with Crippen LogP contribution in [-0.2, 0) is 4.79 Å². The van der Waals surface area contributed by atoms with Crippen molar-refractivity contribution in [3.8, 4) is 0 Å². The molecule has 0 bridgehead atoms. The summed E-state index contributed by atoms with van der Waals surface area (Å²) in [6.07, 6.45) is 2.51. The van der Waals surface area contributed by atoms with Crippen molar-refractivity contribution in [2.45, 2.75) is 19.8 Å². The highest BCUT2D eigenvalue weighted by atomic mass is 35.5.